The lowest BCUT2D eigenvalue weighted by Gasteiger charge is -2.35. The van der Waals surface area contributed by atoms with Gasteiger partial charge in [0.25, 0.3) is 0 Å². The number of fused-ring (bicyclic) bond motifs is 3. The maximum absolute atomic E-state index is 13.3. The summed E-state index contributed by atoms with van der Waals surface area (Å²) < 4.78 is 11.5. The molecule has 2 atom stereocenters. The van der Waals surface area contributed by atoms with Gasteiger partial charge in [-0.1, -0.05) is 30.3 Å². The van der Waals surface area contributed by atoms with E-state index in [-0.39, 0.29) is 35.5 Å². The van der Waals surface area contributed by atoms with Crippen LogP contribution in [0.2, 0.25) is 0 Å². The first-order valence-electron chi connectivity index (χ1n) is 12.8. The first kappa shape index (κ1) is 23.3. The Bertz CT molecular complexity index is 1140. The summed E-state index contributed by atoms with van der Waals surface area (Å²) in [6.07, 6.45) is 3.99. The number of nitrogens with zero attached hydrogens (tertiary/aromatic N) is 4. The molecule has 4 aliphatic rings. The van der Waals surface area contributed by atoms with Crippen molar-refractivity contribution in [1.82, 2.24) is 25.5 Å². The van der Waals surface area contributed by atoms with Gasteiger partial charge in [0.1, 0.15) is 18.2 Å². The number of carbonyl (C=O) groups is 2. The van der Waals surface area contributed by atoms with Crippen LogP contribution in [0.25, 0.3) is 0 Å². The van der Waals surface area contributed by atoms with Crippen LogP contribution >= 0.6 is 0 Å². The van der Waals surface area contributed by atoms with Crippen LogP contribution in [0.4, 0.5) is 9.59 Å². The van der Waals surface area contributed by atoms with Crippen LogP contribution in [-0.4, -0.2) is 56.5 Å². The van der Waals surface area contributed by atoms with E-state index in [2.05, 4.69) is 15.5 Å². The molecule has 0 radical (unpaired) electrons. The van der Waals surface area contributed by atoms with Crippen molar-refractivity contribution in [3.8, 4) is 0 Å². The van der Waals surface area contributed by atoms with Gasteiger partial charge in [-0.05, 0) is 63.9 Å². The van der Waals surface area contributed by atoms with Crippen molar-refractivity contribution >= 4 is 12.1 Å². The molecule has 2 saturated carbocycles. The standard InChI is InChI=1S/C26H33N5O5/c1-25(2,3)36-23(32)27-18-11-17(12-18)21-28-29-22(35-21)19-13-26(9-10-26)20-14-30(19)24(33)31(20)34-15-16-7-5-4-6-8-16/h4-8,17-20H,9-15H2,1-3H3,(H,27,32)/t17?,18?,19?,20-/m0/s1. The monoisotopic (exact) mass is 495 g/mol. The molecule has 2 aliphatic carbocycles. The van der Waals surface area contributed by atoms with E-state index < -0.39 is 11.7 Å². The SMILES string of the molecule is CC(C)(C)OC(=O)NC1CC(c2nnc(C3CC4(CC4)[C@@H]4CN3C(=O)N4OCc3ccccc3)o2)C1. The van der Waals surface area contributed by atoms with Crippen molar-refractivity contribution in [3.05, 3.63) is 47.7 Å². The zero-order valence-electron chi connectivity index (χ0n) is 21.0. The number of rotatable bonds is 6. The van der Waals surface area contributed by atoms with Gasteiger partial charge in [-0.2, -0.15) is 5.06 Å². The van der Waals surface area contributed by atoms with E-state index in [1.54, 1.807) is 5.06 Å². The van der Waals surface area contributed by atoms with Crippen molar-refractivity contribution < 1.29 is 23.6 Å². The molecule has 36 heavy (non-hydrogen) atoms. The minimum Gasteiger partial charge on any atom is -0.444 e. The number of urea groups is 1. The van der Waals surface area contributed by atoms with Gasteiger partial charge in [-0.3, -0.25) is 4.84 Å². The van der Waals surface area contributed by atoms with Crippen LogP contribution in [0, 0.1) is 5.41 Å². The number of ether oxygens (including phenoxy) is 1. The Hall–Kier alpha value is -3.14. The van der Waals surface area contributed by atoms with Crippen LogP contribution in [-0.2, 0) is 16.2 Å². The van der Waals surface area contributed by atoms with Crippen LogP contribution in [0.1, 0.15) is 82.2 Å². The third-order valence-corrected chi connectivity index (χ3v) is 7.82. The predicted molar refractivity (Wildman–Crippen MR) is 127 cm³/mol. The van der Waals surface area contributed by atoms with Gasteiger partial charge in [-0.15, -0.1) is 10.2 Å². The summed E-state index contributed by atoms with van der Waals surface area (Å²) in [6, 6.07) is 9.61. The van der Waals surface area contributed by atoms with Crippen LogP contribution in [0.15, 0.2) is 34.7 Å². The third kappa shape index (κ3) is 4.31. The summed E-state index contributed by atoms with van der Waals surface area (Å²) in [5.74, 6) is 1.16. The average molecular weight is 496 g/mol. The van der Waals surface area contributed by atoms with E-state index in [0.29, 0.717) is 24.9 Å². The highest BCUT2D eigenvalue weighted by Crippen LogP contribution is 2.61. The second kappa shape index (κ2) is 8.47. The third-order valence-electron chi connectivity index (χ3n) is 7.82. The first-order valence-corrected chi connectivity index (χ1v) is 12.8. The number of hydroxylamine groups is 2. The molecule has 1 N–H and O–H groups in total. The molecule has 3 heterocycles. The minimum absolute atomic E-state index is 0.0286. The summed E-state index contributed by atoms with van der Waals surface area (Å²) in [5, 5.41) is 13.2. The first-order chi connectivity index (χ1) is 17.2. The highest BCUT2D eigenvalue weighted by molar-refractivity contribution is 5.77. The van der Waals surface area contributed by atoms with Gasteiger partial charge in [0.15, 0.2) is 0 Å². The quantitative estimate of drug-likeness (QED) is 0.636. The zero-order valence-corrected chi connectivity index (χ0v) is 21.0. The molecule has 2 saturated heterocycles. The Labute approximate surface area is 210 Å². The number of alkyl carbamates (subject to hydrolysis) is 1. The number of amides is 3. The van der Waals surface area contributed by atoms with Gasteiger partial charge in [0.05, 0.1) is 6.04 Å². The molecule has 2 aliphatic heterocycles. The molecule has 4 fully saturated rings. The molecule has 3 amide bonds. The molecule has 1 aromatic carbocycles. The molecule has 6 rings (SSSR count). The predicted octanol–water partition coefficient (Wildman–Crippen LogP) is 4.30. The zero-order chi connectivity index (χ0) is 25.1. The lowest BCUT2D eigenvalue weighted by atomic mass is 9.80. The molecule has 10 nitrogen and oxygen atoms in total. The second-order valence-corrected chi connectivity index (χ2v) is 11.6. The molecule has 2 aromatic rings. The van der Waals surface area contributed by atoms with E-state index in [0.717, 1.165) is 37.7 Å². The number of nitrogens with one attached hydrogen (secondary N) is 1. The summed E-state index contributed by atoms with van der Waals surface area (Å²) >= 11 is 0. The number of hydrogen-bond acceptors (Lipinski definition) is 7. The Morgan fingerprint density at radius 1 is 1.17 bits per heavy atom. The average Bonchev–Trinajstić information content (AvgIpc) is 3.28. The molecule has 1 aromatic heterocycles. The van der Waals surface area contributed by atoms with Gasteiger partial charge in [-0.25, -0.2) is 9.59 Å². The van der Waals surface area contributed by atoms with Crippen LogP contribution in [0.3, 0.4) is 0 Å². The van der Waals surface area contributed by atoms with E-state index in [4.69, 9.17) is 14.0 Å². The number of aromatic nitrogens is 2. The lowest BCUT2D eigenvalue weighted by molar-refractivity contribution is -0.153. The van der Waals surface area contributed by atoms with Crippen LogP contribution < -0.4 is 5.32 Å². The summed E-state index contributed by atoms with van der Waals surface area (Å²) in [5.41, 5.74) is 0.559. The summed E-state index contributed by atoms with van der Waals surface area (Å²) in [7, 11) is 0. The Balaban J connectivity index is 1.09. The van der Waals surface area contributed by atoms with Crippen molar-refractivity contribution in [2.75, 3.05) is 6.54 Å². The Kier molecular flexibility index (Phi) is 5.47. The largest absolute Gasteiger partial charge is 0.444 e. The van der Waals surface area contributed by atoms with Crippen molar-refractivity contribution in [3.63, 3.8) is 0 Å². The summed E-state index contributed by atoms with van der Waals surface area (Å²) in [4.78, 5) is 33.2. The molecule has 1 unspecified atom stereocenters. The van der Waals surface area contributed by atoms with E-state index in [1.807, 2.05) is 56.0 Å². The second-order valence-electron chi connectivity index (χ2n) is 11.6. The number of carbonyl (C=O) groups excluding carboxylic acids is 2. The minimum atomic E-state index is -0.526. The van der Waals surface area contributed by atoms with Gasteiger partial charge in [0, 0.05) is 18.5 Å². The van der Waals surface area contributed by atoms with E-state index >= 15 is 0 Å². The summed E-state index contributed by atoms with van der Waals surface area (Å²) in [6.45, 7) is 6.50. The number of piperidine rings is 1. The van der Waals surface area contributed by atoms with Gasteiger partial charge >= 0.3 is 12.1 Å². The fraction of sp³-hybridized carbons (Fsp3) is 0.615. The Morgan fingerprint density at radius 3 is 2.58 bits per heavy atom. The topological polar surface area (TPSA) is 110 Å². The van der Waals surface area contributed by atoms with Crippen LogP contribution in [0.5, 0.6) is 0 Å². The van der Waals surface area contributed by atoms with Gasteiger partial charge < -0.3 is 19.4 Å². The number of hydrogen-bond donors (Lipinski definition) is 1. The normalized spacial score (nSPS) is 28.2. The lowest BCUT2D eigenvalue weighted by Crippen LogP contribution is -2.45. The molecular weight excluding hydrogens is 462 g/mol. The molecular formula is C26H33N5O5. The van der Waals surface area contributed by atoms with Crippen molar-refractivity contribution in [2.45, 2.75) is 89.1 Å². The highest BCUT2D eigenvalue weighted by atomic mass is 16.7. The number of benzene rings is 1. The highest BCUT2D eigenvalue weighted by Gasteiger charge is 2.64. The molecule has 192 valence electrons. The van der Waals surface area contributed by atoms with Crippen molar-refractivity contribution in [1.29, 1.82) is 0 Å². The maximum atomic E-state index is 13.3. The van der Waals surface area contributed by atoms with Gasteiger partial charge in [0.2, 0.25) is 11.8 Å². The van der Waals surface area contributed by atoms with Crippen molar-refractivity contribution in [2.24, 2.45) is 5.41 Å². The van der Waals surface area contributed by atoms with E-state index in [9.17, 15) is 9.59 Å². The maximum Gasteiger partial charge on any atom is 0.407 e. The fourth-order valence-electron chi connectivity index (χ4n) is 5.67. The Morgan fingerprint density at radius 2 is 1.89 bits per heavy atom. The molecule has 2 bridgehead atoms. The smallest absolute Gasteiger partial charge is 0.407 e. The molecule has 1 spiro atoms. The van der Waals surface area contributed by atoms with E-state index in [1.165, 1.54) is 0 Å². The fourth-order valence-corrected chi connectivity index (χ4v) is 5.67. The molecule has 10 heteroatoms.